The van der Waals surface area contributed by atoms with Gasteiger partial charge >= 0.3 is 5.97 Å². The summed E-state index contributed by atoms with van der Waals surface area (Å²) in [4.78, 5) is 47.4. The minimum absolute atomic E-state index is 0.0232. The summed E-state index contributed by atoms with van der Waals surface area (Å²) < 4.78 is 10.2. The molecule has 0 fully saturated rings. The van der Waals surface area contributed by atoms with E-state index in [0.29, 0.717) is 5.56 Å². The molecule has 9 nitrogen and oxygen atoms in total. The lowest BCUT2D eigenvalue weighted by Gasteiger charge is -2.17. The topological polar surface area (TPSA) is 129 Å². The molecular formula is C21H16N2O7. The van der Waals surface area contributed by atoms with Crippen LogP contribution >= 0.6 is 0 Å². The van der Waals surface area contributed by atoms with Crippen LogP contribution in [0.15, 0.2) is 77.4 Å². The van der Waals surface area contributed by atoms with E-state index in [9.17, 15) is 24.5 Å². The van der Waals surface area contributed by atoms with Crippen LogP contribution in [0.2, 0.25) is 0 Å². The first-order valence-corrected chi connectivity index (χ1v) is 8.80. The van der Waals surface area contributed by atoms with Crippen LogP contribution in [-0.4, -0.2) is 29.1 Å². The van der Waals surface area contributed by atoms with Crippen molar-refractivity contribution in [1.29, 1.82) is 0 Å². The Morgan fingerprint density at radius 2 is 1.70 bits per heavy atom. The number of nitrogens with one attached hydrogen (secondary N) is 1. The fraction of sp³-hybridized carbons (Fsp3) is 0.0952. The number of carbonyl (C=O) groups is 3. The average Bonchev–Trinajstić information content (AvgIpc) is 3.31. The Morgan fingerprint density at radius 1 is 1.00 bits per heavy atom. The van der Waals surface area contributed by atoms with Gasteiger partial charge in [-0.2, -0.15) is 0 Å². The summed E-state index contributed by atoms with van der Waals surface area (Å²) >= 11 is 0. The second-order valence-electron chi connectivity index (χ2n) is 6.11. The molecule has 0 aliphatic carbocycles. The predicted octanol–water partition coefficient (Wildman–Crippen LogP) is 3.09. The Bertz CT molecular complexity index is 1040. The standard InChI is InChI=1S/C21H16N2O7/c24-18(13-22-21(26)17-7-4-12-29-17)30-20(19(25)14-5-2-1-3-6-14)15-8-10-16(11-9-15)23(27)28/h1-12,20H,13H2,(H,22,26)/t20-/m1/s1. The largest absolute Gasteiger partial charge is 0.459 e. The first-order valence-electron chi connectivity index (χ1n) is 8.80. The number of non-ortho nitro benzene ring substituents is 1. The maximum atomic E-state index is 12.9. The van der Waals surface area contributed by atoms with Gasteiger partial charge in [0.15, 0.2) is 11.9 Å². The van der Waals surface area contributed by atoms with Gasteiger partial charge in [-0.15, -0.1) is 0 Å². The summed E-state index contributed by atoms with van der Waals surface area (Å²) in [7, 11) is 0. The van der Waals surface area contributed by atoms with Gasteiger partial charge in [0.2, 0.25) is 5.78 Å². The van der Waals surface area contributed by atoms with Crippen LogP contribution < -0.4 is 5.32 Å². The van der Waals surface area contributed by atoms with Crippen LogP contribution in [-0.2, 0) is 9.53 Å². The summed E-state index contributed by atoms with van der Waals surface area (Å²) in [5, 5.41) is 13.2. The van der Waals surface area contributed by atoms with Crippen LogP contribution in [0.4, 0.5) is 5.69 Å². The number of ketones is 1. The molecule has 3 aromatic rings. The van der Waals surface area contributed by atoms with E-state index >= 15 is 0 Å². The lowest BCUT2D eigenvalue weighted by Crippen LogP contribution is -2.32. The highest BCUT2D eigenvalue weighted by Gasteiger charge is 2.27. The SMILES string of the molecule is O=C(CNC(=O)c1ccco1)O[C@@H](C(=O)c1ccccc1)c1ccc([N+](=O)[O-])cc1. The second kappa shape index (κ2) is 9.28. The summed E-state index contributed by atoms with van der Waals surface area (Å²) in [6, 6.07) is 16.2. The molecule has 0 aliphatic heterocycles. The van der Waals surface area contributed by atoms with Gasteiger partial charge in [0.1, 0.15) is 6.54 Å². The number of benzene rings is 2. The zero-order chi connectivity index (χ0) is 21.5. The highest BCUT2D eigenvalue weighted by molar-refractivity contribution is 6.01. The van der Waals surface area contributed by atoms with Crippen LogP contribution in [0.3, 0.4) is 0 Å². The average molecular weight is 408 g/mol. The van der Waals surface area contributed by atoms with Gasteiger partial charge in [0, 0.05) is 23.3 Å². The monoisotopic (exact) mass is 408 g/mol. The van der Waals surface area contributed by atoms with E-state index in [4.69, 9.17) is 9.15 Å². The van der Waals surface area contributed by atoms with E-state index in [1.54, 1.807) is 30.3 Å². The van der Waals surface area contributed by atoms with Gasteiger partial charge in [0.05, 0.1) is 11.2 Å². The predicted molar refractivity (Wildman–Crippen MR) is 104 cm³/mol. The van der Waals surface area contributed by atoms with Gasteiger partial charge in [0.25, 0.3) is 11.6 Å². The highest BCUT2D eigenvalue weighted by Crippen LogP contribution is 2.25. The molecule has 0 spiro atoms. The van der Waals surface area contributed by atoms with Gasteiger partial charge in [-0.25, -0.2) is 0 Å². The van der Waals surface area contributed by atoms with Crippen molar-refractivity contribution in [2.24, 2.45) is 0 Å². The number of rotatable bonds is 8. The van der Waals surface area contributed by atoms with Gasteiger partial charge in [-0.3, -0.25) is 24.5 Å². The third kappa shape index (κ3) is 4.96. The first kappa shape index (κ1) is 20.5. The highest BCUT2D eigenvalue weighted by atomic mass is 16.6. The molecule has 0 radical (unpaired) electrons. The normalized spacial score (nSPS) is 11.3. The molecule has 9 heteroatoms. The first-order chi connectivity index (χ1) is 14.5. The number of esters is 1. The molecule has 2 aromatic carbocycles. The van der Waals surface area contributed by atoms with Crippen molar-refractivity contribution in [3.05, 3.63) is 100.0 Å². The Labute approximate surface area is 170 Å². The maximum absolute atomic E-state index is 12.9. The van der Waals surface area contributed by atoms with Gasteiger partial charge < -0.3 is 14.5 Å². The minimum atomic E-state index is -1.33. The molecule has 0 saturated carbocycles. The molecule has 1 aromatic heterocycles. The maximum Gasteiger partial charge on any atom is 0.326 e. The third-order valence-corrected chi connectivity index (χ3v) is 4.09. The number of furan rings is 1. The lowest BCUT2D eigenvalue weighted by molar-refractivity contribution is -0.384. The van der Waals surface area contributed by atoms with Crippen molar-refractivity contribution < 1.29 is 28.5 Å². The Hall–Kier alpha value is -4.27. The fourth-order valence-electron chi connectivity index (χ4n) is 2.62. The Morgan fingerprint density at radius 3 is 2.30 bits per heavy atom. The number of ether oxygens (including phenoxy) is 1. The number of nitrogens with zero attached hydrogens (tertiary/aromatic N) is 1. The summed E-state index contributed by atoms with van der Waals surface area (Å²) in [5.74, 6) is -1.95. The van der Waals surface area contributed by atoms with Crippen LogP contribution in [0.5, 0.6) is 0 Å². The van der Waals surface area contributed by atoms with Gasteiger partial charge in [-0.05, 0) is 24.3 Å². The zero-order valence-corrected chi connectivity index (χ0v) is 15.5. The number of hydrogen-bond acceptors (Lipinski definition) is 7. The number of Topliss-reactive ketones (excluding diaryl/α,β-unsaturated/α-hetero) is 1. The van der Waals surface area contributed by atoms with Crippen molar-refractivity contribution in [3.8, 4) is 0 Å². The second-order valence-corrected chi connectivity index (χ2v) is 6.11. The van der Waals surface area contributed by atoms with E-state index in [1.807, 2.05) is 0 Å². The molecule has 1 heterocycles. The molecule has 0 bridgehead atoms. The van der Waals surface area contributed by atoms with Crippen molar-refractivity contribution in [3.63, 3.8) is 0 Å². The molecule has 1 atom stereocenters. The Kier molecular flexibility index (Phi) is 6.33. The summed E-state index contributed by atoms with van der Waals surface area (Å²) in [5.41, 5.74) is 0.398. The number of carbonyl (C=O) groups excluding carboxylic acids is 3. The number of nitro benzene ring substituents is 1. The molecular weight excluding hydrogens is 392 g/mol. The van der Waals surface area contributed by atoms with Crippen LogP contribution in [0.1, 0.15) is 32.6 Å². The van der Waals surface area contributed by atoms with E-state index in [-0.39, 0.29) is 17.0 Å². The Balaban J connectivity index is 1.76. The van der Waals surface area contributed by atoms with Crippen molar-refractivity contribution in [1.82, 2.24) is 5.32 Å². The van der Waals surface area contributed by atoms with Crippen molar-refractivity contribution >= 4 is 23.3 Å². The van der Waals surface area contributed by atoms with Crippen molar-refractivity contribution in [2.45, 2.75) is 6.10 Å². The van der Waals surface area contributed by atoms with E-state index in [0.717, 1.165) is 0 Å². The lowest BCUT2D eigenvalue weighted by atomic mass is 9.99. The molecule has 30 heavy (non-hydrogen) atoms. The quantitative estimate of drug-likeness (QED) is 0.262. The minimum Gasteiger partial charge on any atom is -0.459 e. The van der Waals surface area contributed by atoms with E-state index in [1.165, 1.54) is 42.7 Å². The number of amides is 1. The van der Waals surface area contributed by atoms with E-state index in [2.05, 4.69) is 5.32 Å². The van der Waals surface area contributed by atoms with Crippen LogP contribution in [0.25, 0.3) is 0 Å². The molecule has 0 unspecified atom stereocenters. The molecule has 1 amide bonds. The molecule has 0 aliphatic rings. The van der Waals surface area contributed by atoms with Crippen molar-refractivity contribution in [2.75, 3.05) is 6.54 Å². The molecule has 1 N–H and O–H groups in total. The number of hydrogen-bond donors (Lipinski definition) is 1. The van der Waals surface area contributed by atoms with Crippen LogP contribution in [0, 0.1) is 10.1 Å². The van der Waals surface area contributed by atoms with Gasteiger partial charge in [-0.1, -0.05) is 30.3 Å². The summed E-state index contributed by atoms with van der Waals surface area (Å²) in [6.07, 6.45) is -0.0163. The summed E-state index contributed by atoms with van der Waals surface area (Å²) in [6.45, 7) is -0.495. The smallest absolute Gasteiger partial charge is 0.326 e. The zero-order valence-electron chi connectivity index (χ0n) is 15.5. The molecule has 152 valence electrons. The van der Waals surface area contributed by atoms with E-state index < -0.39 is 35.2 Å². The molecule has 3 rings (SSSR count). The molecule has 0 saturated heterocycles. The fourth-order valence-corrected chi connectivity index (χ4v) is 2.62. The number of nitro groups is 1. The third-order valence-electron chi connectivity index (χ3n) is 4.09.